The maximum absolute atomic E-state index is 12.9. The molecule has 0 aliphatic rings. The topological polar surface area (TPSA) is 59.2 Å². The van der Waals surface area contributed by atoms with Crippen LogP contribution in [0.2, 0.25) is 0 Å². The van der Waals surface area contributed by atoms with Crippen molar-refractivity contribution in [3.63, 3.8) is 0 Å². The lowest BCUT2D eigenvalue weighted by atomic mass is 10.1. The highest BCUT2D eigenvalue weighted by molar-refractivity contribution is 5.92. The molecule has 21 heavy (non-hydrogen) atoms. The Balaban J connectivity index is 2.19. The smallest absolute Gasteiger partial charge is 0.272 e. The van der Waals surface area contributed by atoms with Gasteiger partial charge in [0.25, 0.3) is 5.91 Å². The first-order chi connectivity index (χ1) is 10.2. The predicted octanol–water partition coefficient (Wildman–Crippen LogP) is 2.34. The summed E-state index contributed by atoms with van der Waals surface area (Å²) in [4.78, 5) is 17.9. The van der Waals surface area contributed by atoms with Crippen molar-refractivity contribution >= 4 is 5.91 Å². The van der Waals surface area contributed by atoms with Gasteiger partial charge in [0.15, 0.2) is 0 Å². The molecule has 1 aromatic heterocycles. The maximum atomic E-state index is 12.9. The Labute approximate surface area is 123 Å². The monoisotopic (exact) mass is 287 g/mol. The van der Waals surface area contributed by atoms with E-state index in [9.17, 15) is 9.18 Å². The third-order valence-corrected chi connectivity index (χ3v) is 3.31. The van der Waals surface area contributed by atoms with Crippen molar-refractivity contribution in [3.8, 4) is 0 Å². The van der Waals surface area contributed by atoms with Crippen molar-refractivity contribution in [1.82, 2.24) is 9.88 Å². The highest BCUT2D eigenvalue weighted by Gasteiger charge is 2.16. The van der Waals surface area contributed by atoms with Crippen LogP contribution in [0.3, 0.4) is 0 Å². The predicted molar refractivity (Wildman–Crippen MR) is 78.9 cm³/mol. The van der Waals surface area contributed by atoms with Crippen LogP contribution in [0.25, 0.3) is 0 Å². The molecule has 2 rings (SSSR count). The number of rotatable bonds is 5. The zero-order valence-corrected chi connectivity index (χ0v) is 11.9. The maximum Gasteiger partial charge on any atom is 0.272 e. The molecule has 0 unspecified atom stereocenters. The summed E-state index contributed by atoms with van der Waals surface area (Å²) in [5.41, 5.74) is 7.97. The molecular formula is C16H18FN3O. The Morgan fingerprint density at radius 3 is 2.52 bits per heavy atom. The van der Waals surface area contributed by atoms with Crippen molar-refractivity contribution in [2.45, 2.75) is 20.0 Å². The number of carbonyl (C=O) groups is 1. The molecule has 0 saturated heterocycles. The van der Waals surface area contributed by atoms with E-state index in [4.69, 9.17) is 5.73 Å². The summed E-state index contributed by atoms with van der Waals surface area (Å²) in [7, 11) is 0. The van der Waals surface area contributed by atoms with Gasteiger partial charge in [-0.05, 0) is 30.2 Å². The molecule has 0 atom stereocenters. The lowest BCUT2D eigenvalue weighted by Gasteiger charge is -2.22. The van der Waals surface area contributed by atoms with Gasteiger partial charge < -0.3 is 10.6 Å². The average molecular weight is 287 g/mol. The van der Waals surface area contributed by atoms with E-state index in [0.29, 0.717) is 19.6 Å². The molecule has 1 heterocycles. The SMILES string of the molecule is CCN(Cc1ccccc1CN)C(=O)c1ccc(F)cn1. The first-order valence-electron chi connectivity index (χ1n) is 6.83. The van der Waals surface area contributed by atoms with Crippen LogP contribution in [-0.2, 0) is 13.1 Å². The average Bonchev–Trinajstić information content (AvgIpc) is 2.53. The molecule has 0 spiro atoms. The summed E-state index contributed by atoms with van der Waals surface area (Å²) in [5, 5.41) is 0. The zero-order chi connectivity index (χ0) is 15.2. The molecule has 0 radical (unpaired) electrons. The second-order valence-electron chi connectivity index (χ2n) is 4.65. The zero-order valence-electron chi connectivity index (χ0n) is 11.9. The summed E-state index contributed by atoms with van der Waals surface area (Å²) in [6.45, 7) is 3.32. The van der Waals surface area contributed by atoms with Crippen LogP contribution < -0.4 is 5.73 Å². The van der Waals surface area contributed by atoms with Gasteiger partial charge in [-0.1, -0.05) is 24.3 Å². The summed E-state index contributed by atoms with van der Waals surface area (Å²) in [6.07, 6.45) is 1.05. The number of hydrogen-bond donors (Lipinski definition) is 1. The largest absolute Gasteiger partial charge is 0.333 e. The summed E-state index contributed by atoms with van der Waals surface area (Å²) < 4.78 is 12.9. The minimum atomic E-state index is -0.455. The molecule has 0 aliphatic heterocycles. The number of nitrogens with zero attached hydrogens (tertiary/aromatic N) is 2. The van der Waals surface area contributed by atoms with Gasteiger partial charge in [-0.25, -0.2) is 9.37 Å². The molecule has 1 aromatic carbocycles. The van der Waals surface area contributed by atoms with Crippen LogP contribution in [0.5, 0.6) is 0 Å². The minimum Gasteiger partial charge on any atom is -0.333 e. The van der Waals surface area contributed by atoms with E-state index in [2.05, 4.69) is 4.98 Å². The molecule has 2 N–H and O–H groups in total. The van der Waals surface area contributed by atoms with E-state index < -0.39 is 5.82 Å². The molecule has 5 heteroatoms. The number of amides is 1. The standard InChI is InChI=1S/C16H18FN3O/c1-2-20(11-13-6-4-3-5-12(13)9-18)16(21)15-8-7-14(17)10-19-15/h3-8,10H,2,9,11,18H2,1H3. The number of pyridine rings is 1. The first kappa shape index (κ1) is 15.1. The fraction of sp³-hybridized carbons (Fsp3) is 0.250. The second kappa shape index (κ2) is 6.95. The normalized spacial score (nSPS) is 10.4. The Bertz CT molecular complexity index is 613. The van der Waals surface area contributed by atoms with Crippen LogP contribution in [0.15, 0.2) is 42.6 Å². The van der Waals surface area contributed by atoms with Crippen LogP contribution in [0.1, 0.15) is 28.5 Å². The molecular weight excluding hydrogens is 269 g/mol. The highest BCUT2D eigenvalue weighted by Crippen LogP contribution is 2.13. The lowest BCUT2D eigenvalue weighted by Crippen LogP contribution is -2.31. The van der Waals surface area contributed by atoms with Crippen molar-refractivity contribution in [2.75, 3.05) is 6.54 Å². The number of carbonyl (C=O) groups excluding carboxylic acids is 1. The van der Waals surface area contributed by atoms with E-state index in [1.165, 1.54) is 12.1 Å². The third kappa shape index (κ3) is 3.64. The number of nitrogens with two attached hydrogens (primary N) is 1. The van der Waals surface area contributed by atoms with Crippen LogP contribution in [0.4, 0.5) is 4.39 Å². The fourth-order valence-electron chi connectivity index (χ4n) is 2.11. The first-order valence-corrected chi connectivity index (χ1v) is 6.83. The molecule has 0 fully saturated rings. The van der Waals surface area contributed by atoms with E-state index >= 15 is 0 Å². The molecule has 2 aromatic rings. The Kier molecular flexibility index (Phi) is 5.00. The van der Waals surface area contributed by atoms with Crippen LogP contribution >= 0.6 is 0 Å². The summed E-state index contributed by atoms with van der Waals surface area (Å²) >= 11 is 0. The molecule has 4 nitrogen and oxygen atoms in total. The summed E-state index contributed by atoms with van der Waals surface area (Å²) in [6, 6.07) is 10.4. The number of halogens is 1. The number of aromatic nitrogens is 1. The molecule has 110 valence electrons. The second-order valence-corrected chi connectivity index (χ2v) is 4.65. The van der Waals surface area contributed by atoms with Gasteiger partial charge in [-0.15, -0.1) is 0 Å². The molecule has 1 amide bonds. The third-order valence-electron chi connectivity index (χ3n) is 3.31. The Morgan fingerprint density at radius 2 is 1.95 bits per heavy atom. The fourth-order valence-corrected chi connectivity index (χ4v) is 2.11. The van der Waals surface area contributed by atoms with Crippen molar-refractivity contribution in [1.29, 1.82) is 0 Å². The van der Waals surface area contributed by atoms with Gasteiger partial charge in [-0.2, -0.15) is 0 Å². The van der Waals surface area contributed by atoms with Gasteiger partial charge in [0.1, 0.15) is 11.5 Å². The van der Waals surface area contributed by atoms with Crippen molar-refractivity contribution < 1.29 is 9.18 Å². The van der Waals surface area contributed by atoms with Gasteiger partial charge in [0.2, 0.25) is 0 Å². The quantitative estimate of drug-likeness (QED) is 0.918. The Morgan fingerprint density at radius 1 is 1.24 bits per heavy atom. The number of hydrogen-bond acceptors (Lipinski definition) is 3. The molecule has 0 aliphatic carbocycles. The van der Waals surface area contributed by atoms with E-state index in [0.717, 1.165) is 17.3 Å². The Hall–Kier alpha value is -2.27. The molecule has 0 saturated carbocycles. The molecule has 0 bridgehead atoms. The van der Waals surface area contributed by atoms with Crippen molar-refractivity contribution in [2.24, 2.45) is 5.73 Å². The van der Waals surface area contributed by atoms with E-state index in [-0.39, 0.29) is 11.6 Å². The minimum absolute atomic E-state index is 0.218. The van der Waals surface area contributed by atoms with Gasteiger partial charge in [0, 0.05) is 19.6 Å². The van der Waals surface area contributed by atoms with E-state index in [1.54, 1.807) is 4.90 Å². The van der Waals surface area contributed by atoms with E-state index in [1.807, 2.05) is 31.2 Å². The van der Waals surface area contributed by atoms with Gasteiger partial charge in [-0.3, -0.25) is 4.79 Å². The van der Waals surface area contributed by atoms with Crippen LogP contribution in [-0.4, -0.2) is 22.3 Å². The van der Waals surface area contributed by atoms with Gasteiger partial charge >= 0.3 is 0 Å². The number of benzene rings is 1. The lowest BCUT2D eigenvalue weighted by molar-refractivity contribution is 0.0746. The summed E-state index contributed by atoms with van der Waals surface area (Å²) in [5.74, 6) is -0.674. The van der Waals surface area contributed by atoms with Crippen molar-refractivity contribution in [3.05, 3.63) is 65.2 Å². The highest BCUT2D eigenvalue weighted by atomic mass is 19.1. The van der Waals surface area contributed by atoms with Gasteiger partial charge in [0.05, 0.1) is 6.20 Å². The van der Waals surface area contributed by atoms with Crippen LogP contribution in [0, 0.1) is 5.82 Å².